The monoisotopic (exact) mass is 313 g/mol. The standard InChI is InChI=1S/C13H13BrClNO/c14-10-6-8-12(9-7-10)16(13(15)17)11-4-2-1-3-5-11/h4,6-9H,1-3,5H2. The maximum Gasteiger partial charge on any atom is 0.325 e. The van der Waals surface area contributed by atoms with Crippen LogP contribution in [0.5, 0.6) is 0 Å². The Morgan fingerprint density at radius 1 is 1.24 bits per heavy atom. The van der Waals surface area contributed by atoms with Crippen LogP contribution in [-0.2, 0) is 0 Å². The van der Waals surface area contributed by atoms with Crippen molar-refractivity contribution in [2.24, 2.45) is 0 Å². The van der Waals surface area contributed by atoms with E-state index in [4.69, 9.17) is 11.6 Å². The zero-order chi connectivity index (χ0) is 12.3. The zero-order valence-corrected chi connectivity index (χ0v) is 11.7. The Morgan fingerprint density at radius 3 is 2.47 bits per heavy atom. The average molecular weight is 315 g/mol. The first-order valence-electron chi connectivity index (χ1n) is 5.62. The summed E-state index contributed by atoms with van der Waals surface area (Å²) in [7, 11) is 0. The minimum absolute atomic E-state index is 0.444. The number of benzene rings is 1. The van der Waals surface area contributed by atoms with Crippen LogP contribution in [0.25, 0.3) is 0 Å². The van der Waals surface area contributed by atoms with Crippen molar-refractivity contribution in [1.29, 1.82) is 0 Å². The van der Waals surface area contributed by atoms with Crippen LogP contribution in [-0.4, -0.2) is 5.37 Å². The average Bonchev–Trinajstić information content (AvgIpc) is 2.33. The molecule has 0 spiro atoms. The number of hydrogen-bond donors (Lipinski definition) is 0. The molecule has 2 nitrogen and oxygen atoms in total. The van der Waals surface area contributed by atoms with E-state index in [2.05, 4.69) is 22.0 Å². The lowest BCUT2D eigenvalue weighted by atomic mass is 10.0. The minimum Gasteiger partial charge on any atom is -0.272 e. The van der Waals surface area contributed by atoms with Crippen LogP contribution in [0, 0.1) is 0 Å². The number of hydrogen-bond acceptors (Lipinski definition) is 1. The van der Waals surface area contributed by atoms with Gasteiger partial charge in [0, 0.05) is 15.9 Å². The molecule has 2 rings (SSSR count). The molecule has 0 aromatic heterocycles. The topological polar surface area (TPSA) is 20.3 Å². The van der Waals surface area contributed by atoms with E-state index in [9.17, 15) is 4.79 Å². The lowest BCUT2D eigenvalue weighted by Gasteiger charge is -2.25. The van der Waals surface area contributed by atoms with E-state index >= 15 is 0 Å². The van der Waals surface area contributed by atoms with Crippen LogP contribution in [0.3, 0.4) is 0 Å². The first-order valence-corrected chi connectivity index (χ1v) is 6.80. The molecule has 1 aromatic carbocycles. The van der Waals surface area contributed by atoms with Gasteiger partial charge in [-0.15, -0.1) is 0 Å². The fraction of sp³-hybridized carbons (Fsp3) is 0.308. The number of carbonyl (C=O) groups is 1. The third kappa shape index (κ3) is 3.11. The quantitative estimate of drug-likeness (QED) is 0.551. The highest BCUT2D eigenvalue weighted by molar-refractivity contribution is 9.10. The lowest BCUT2D eigenvalue weighted by molar-refractivity contribution is 0.265. The van der Waals surface area contributed by atoms with Gasteiger partial charge in [0.1, 0.15) is 0 Å². The van der Waals surface area contributed by atoms with E-state index < -0.39 is 5.37 Å². The second kappa shape index (κ2) is 5.69. The fourth-order valence-corrected chi connectivity index (χ4v) is 2.47. The Hall–Kier alpha value is -0.800. The molecule has 0 saturated carbocycles. The summed E-state index contributed by atoms with van der Waals surface area (Å²) < 4.78 is 0.987. The highest BCUT2D eigenvalue weighted by Gasteiger charge is 2.19. The molecule has 90 valence electrons. The van der Waals surface area contributed by atoms with Crippen molar-refractivity contribution >= 4 is 38.6 Å². The predicted molar refractivity (Wildman–Crippen MR) is 74.4 cm³/mol. The van der Waals surface area contributed by atoms with Gasteiger partial charge in [0.2, 0.25) is 0 Å². The van der Waals surface area contributed by atoms with Crippen LogP contribution in [0.1, 0.15) is 25.7 Å². The van der Waals surface area contributed by atoms with E-state index in [-0.39, 0.29) is 0 Å². The summed E-state index contributed by atoms with van der Waals surface area (Å²) in [6, 6.07) is 7.59. The van der Waals surface area contributed by atoms with Gasteiger partial charge in [-0.3, -0.25) is 9.69 Å². The van der Waals surface area contributed by atoms with Gasteiger partial charge in [-0.1, -0.05) is 22.0 Å². The summed E-state index contributed by atoms with van der Waals surface area (Å²) in [6.45, 7) is 0. The molecule has 0 unspecified atom stereocenters. The van der Waals surface area contributed by atoms with Gasteiger partial charge in [-0.25, -0.2) is 0 Å². The number of halogens is 2. The normalized spacial score (nSPS) is 15.3. The molecular weight excluding hydrogens is 302 g/mol. The Kier molecular flexibility index (Phi) is 4.24. The molecule has 0 fully saturated rings. The molecule has 1 aliphatic carbocycles. The number of anilines is 1. The van der Waals surface area contributed by atoms with Crippen molar-refractivity contribution in [1.82, 2.24) is 0 Å². The van der Waals surface area contributed by atoms with Gasteiger partial charge in [0.15, 0.2) is 0 Å². The van der Waals surface area contributed by atoms with Crippen LogP contribution < -0.4 is 4.90 Å². The van der Waals surface area contributed by atoms with E-state index in [0.29, 0.717) is 0 Å². The van der Waals surface area contributed by atoms with Crippen LogP contribution in [0.2, 0.25) is 0 Å². The van der Waals surface area contributed by atoms with Gasteiger partial charge in [-0.2, -0.15) is 0 Å². The highest BCUT2D eigenvalue weighted by Crippen LogP contribution is 2.28. The number of rotatable bonds is 2. The molecule has 1 aliphatic rings. The Labute approximate surface area is 114 Å². The molecule has 0 saturated heterocycles. The van der Waals surface area contributed by atoms with Crippen LogP contribution >= 0.6 is 27.5 Å². The van der Waals surface area contributed by atoms with Crippen molar-refractivity contribution in [3.05, 3.63) is 40.5 Å². The summed E-state index contributed by atoms with van der Waals surface area (Å²) in [4.78, 5) is 13.2. The fourth-order valence-electron chi connectivity index (χ4n) is 1.99. The molecule has 1 amide bonds. The maximum atomic E-state index is 11.6. The Balaban J connectivity index is 2.31. The van der Waals surface area contributed by atoms with Crippen molar-refractivity contribution in [2.45, 2.75) is 25.7 Å². The first kappa shape index (κ1) is 12.7. The van der Waals surface area contributed by atoms with Crippen LogP contribution in [0.15, 0.2) is 40.5 Å². The van der Waals surface area contributed by atoms with Crippen molar-refractivity contribution < 1.29 is 4.79 Å². The zero-order valence-electron chi connectivity index (χ0n) is 9.33. The summed E-state index contributed by atoms with van der Waals surface area (Å²) in [6.07, 6.45) is 6.34. The SMILES string of the molecule is O=C(Cl)N(C1=CCCCC1)c1ccc(Br)cc1. The Morgan fingerprint density at radius 2 is 1.94 bits per heavy atom. The van der Waals surface area contributed by atoms with Gasteiger partial charge in [0.25, 0.3) is 0 Å². The van der Waals surface area contributed by atoms with Gasteiger partial charge >= 0.3 is 5.37 Å². The van der Waals surface area contributed by atoms with E-state index in [1.807, 2.05) is 24.3 Å². The van der Waals surface area contributed by atoms with E-state index in [0.717, 1.165) is 35.1 Å². The highest BCUT2D eigenvalue weighted by atomic mass is 79.9. The van der Waals surface area contributed by atoms with Gasteiger partial charge < -0.3 is 0 Å². The van der Waals surface area contributed by atoms with E-state index in [1.54, 1.807) is 4.90 Å². The number of carbonyl (C=O) groups excluding carboxylic acids is 1. The number of allylic oxidation sites excluding steroid dienone is 2. The number of amides is 1. The smallest absolute Gasteiger partial charge is 0.272 e. The summed E-state index contributed by atoms with van der Waals surface area (Å²) in [5.74, 6) is 0. The summed E-state index contributed by atoms with van der Waals surface area (Å²) in [5, 5.41) is -0.444. The predicted octanol–water partition coefficient (Wildman–Crippen LogP) is 5.07. The van der Waals surface area contributed by atoms with Crippen molar-refractivity contribution in [3.63, 3.8) is 0 Å². The van der Waals surface area contributed by atoms with Gasteiger partial charge in [-0.05, 0) is 61.5 Å². The Bertz CT molecular complexity index is 441. The van der Waals surface area contributed by atoms with E-state index in [1.165, 1.54) is 6.42 Å². The lowest BCUT2D eigenvalue weighted by Crippen LogP contribution is -2.25. The molecule has 0 N–H and O–H groups in total. The van der Waals surface area contributed by atoms with Crippen LogP contribution in [0.4, 0.5) is 10.5 Å². The molecule has 0 bridgehead atoms. The van der Waals surface area contributed by atoms with Gasteiger partial charge in [0.05, 0.1) is 0 Å². The second-order valence-corrected chi connectivity index (χ2v) is 5.25. The first-order chi connectivity index (χ1) is 8.18. The molecule has 0 radical (unpaired) electrons. The molecular formula is C13H13BrClNO. The number of nitrogens with zero attached hydrogens (tertiary/aromatic N) is 1. The summed E-state index contributed by atoms with van der Waals surface area (Å²) >= 11 is 9.06. The largest absolute Gasteiger partial charge is 0.325 e. The third-order valence-corrected chi connectivity index (χ3v) is 3.51. The maximum absolute atomic E-state index is 11.6. The second-order valence-electron chi connectivity index (χ2n) is 4.01. The molecule has 0 heterocycles. The summed E-state index contributed by atoms with van der Waals surface area (Å²) in [5.41, 5.74) is 1.83. The molecule has 0 atom stereocenters. The molecule has 1 aromatic rings. The van der Waals surface area contributed by atoms with Crippen molar-refractivity contribution in [2.75, 3.05) is 4.90 Å². The molecule has 0 aliphatic heterocycles. The molecule has 4 heteroatoms. The third-order valence-electron chi connectivity index (χ3n) is 2.81. The minimum atomic E-state index is -0.444. The van der Waals surface area contributed by atoms with Crippen molar-refractivity contribution in [3.8, 4) is 0 Å². The molecule has 17 heavy (non-hydrogen) atoms.